The maximum absolute atomic E-state index is 9.94. The third-order valence-corrected chi connectivity index (χ3v) is 3.98. The molecule has 10 atom stereocenters. The number of hydrogen-bond donors (Lipinski definition) is 8. The Morgan fingerprint density at radius 1 is 0.652 bits per heavy atom. The molecule has 2 aliphatic heterocycles. The summed E-state index contributed by atoms with van der Waals surface area (Å²) >= 11 is 0. The molecule has 136 valence electrons. The Morgan fingerprint density at radius 2 is 1.26 bits per heavy atom. The fourth-order valence-electron chi connectivity index (χ4n) is 2.57. The second-order valence-corrected chi connectivity index (χ2v) is 5.53. The first-order valence-electron chi connectivity index (χ1n) is 7.08. The summed E-state index contributed by atoms with van der Waals surface area (Å²) in [6.07, 6.45) is -15.6. The van der Waals surface area contributed by atoms with Crippen molar-refractivity contribution < 1.29 is 55.1 Å². The van der Waals surface area contributed by atoms with Gasteiger partial charge >= 0.3 is 0 Å². The Kier molecular flexibility index (Phi) is 6.27. The lowest BCUT2D eigenvalue weighted by atomic mass is 9.97. The number of ether oxygens (including phenoxy) is 3. The van der Waals surface area contributed by atoms with Crippen molar-refractivity contribution >= 4 is 0 Å². The quantitative estimate of drug-likeness (QED) is 0.243. The van der Waals surface area contributed by atoms with Crippen molar-refractivity contribution in [1.82, 2.24) is 0 Å². The molecule has 0 spiro atoms. The molecule has 0 aromatic rings. The van der Waals surface area contributed by atoms with E-state index in [1.54, 1.807) is 0 Å². The van der Waals surface area contributed by atoms with E-state index in [1.165, 1.54) is 0 Å². The average Bonchev–Trinajstić information content (AvgIpc) is 2.55. The van der Waals surface area contributed by atoms with Crippen molar-refractivity contribution in [2.45, 2.75) is 61.4 Å². The van der Waals surface area contributed by atoms with E-state index in [0.29, 0.717) is 0 Å². The molecule has 23 heavy (non-hydrogen) atoms. The van der Waals surface area contributed by atoms with Crippen molar-refractivity contribution in [3.05, 3.63) is 0 Å². The molecule has 2 saturated heterocycles. The molecule has 2 aliphatic rings. The zero-order chi connectivity index (χ0) is 17.3. The minimum absolute atomic E-state index is 0.667. The van der Waals surface area contributed by atoms with E-state index in [9.17, 15) is 35.7 Å². The molecular weight excluding hydrogens is 320 g/mol. The van der Waals surface area contributed by atoms with E-state index >= 15 is 0 Å². The van der Waals surface area contributed by atoms with Crippen LogP contribution in [0, 0.1) is 0 Å². The van der Waals surface area contributed by atoms with E-state index in [2.05, 4.69) is 0 Å². The predicted molar refractivity (Wildman–Crippen MR) is 68.6 cm³/mol. The Labute approximate surface area is 130 Å². The summed E-state index contributed by atoms with van der Waals surface area (Å²) in [5, 5.41) is 76.5. The van der Waals surface area contributed by atoms with Crippen LogP contribution in [0.5, 0.6) is 0 Å². The Morgan fingerprint density at radius 3 is 1.83 bits per heavy atom. The van der Waals surface area contributed by atoms with Crippen LogP contribution >= 0.6 is 0 Å². The minimum atomic E-state index is -1.74. The second kappa shape index (κ2) is 7.63. The van der Waals surface area contributed by atoms with Crippen molar-refractivity contribution in [2.75, 3.05) is 13.2 Å². The average molecular weight is 342 g/mol. The third-order valence-electron chi connectivity index (χ3n) is 3.98. The van der Waals surface area contributed by atoms with Crippen LogP contribution in [0.2, 0.25) is 0 Å². The summed E-state index contributed by atoms with van der Waals surface area (Å²) in [6.45, 7) is -1.35. The summed E-state index contributed by atoms with van der Waals surface area (Å²) in [7, 11) is 0. The maximum Gasteiger partial charge on any atom is 0.187 e. The Bertz CT molecular complexity index is 378. The molecule has 1 unspecified atom stereocenters. The smallest absolute Gasteiger partial charge is 0.187 e. The lowest BCUT2D eigenvalue weighted by Gasteiger charge is -2.45. The van der Waals surface area contributed by atoms with Gasteiger partial charge in [-0.25, -0.2) is 0 Å². The molecule has 11 nitrogen and oxygen atoms in total. The zero-order valence-corrected chi connectivity index (χ0v) is 12.0. The van der Waals surface area contributed by atoms with Crippen LogP contribution in [0.3, 0.4) is 0 Å². The van der Waals surface area contributed by atoms with Crippen LogP contribution in [0.15, 0.2) is 0 Å². The van der Waals surface area contributed by atoms with Gasteiger partial charge in [-0.3, -0.25) is 0 Å². The molecule has 0 aliphatic carbocycles. The van der Waals surface area contributed by atoms with E-state index in [0.717, 1.165) is 0 Å². The summed E-state index contributed by atoms with van der Waals surface area (Å²) in [5.41, 5.74) is 0. The maximum atomic E-state index is 9.94. The molecule has 0 saturated carbocycles. The lowest BCUT2D eigenvalue weighted by molar-refractivity contribution is -0.355. The van der Waals surface area contributed by atoms with Crippen molar-refractivity contribution in [1.29, 1.82) is 0 Å². The molecule has 2 rings (SSSR count). The van der Waals surface area contributed by atoms with Gasteiger partial charge in [0.15, 0.2) is 12.6 Å². The van der Waals surface area contributed by atoms with Gasteiger partial charge in [0.1, 0.15) is 48.8 Å². The van der Waals surface area contributed by atoms with Crippen LogP contribution < -0.4 is 0 Å². The van der Waals surface area contributed by atoms with Crippen LogP contribution in [0.1, 0.15) is 0 Å². The van der Waals surface area contributed by atoms with Gasteiger partial charge in [-0.05, 0) is 0 Å². The number of hydrogen-bond acceptors (Lipinski definition) is 11. The highest BCUT2D eigenvalue weighted by molar-refractivity contribution is 4.93. The van der Waals surface area contributed by atoms with Crippen molar-refractivity contribution in [3.63, 3.8) is 0 Å². The van der Waals surface area contributed by atoms with Crippen molar-refractivity contribution in [2.24, 2.45) is 0 Å². The highest BCUT2D eigenvalue weighted by Gasteiger charge is 2.50. The first-order chi connectivity index (χ1) is 10.8. The molecule has 0 aromatic carbocycles. The monoisotopic (exact) mass is 342 g/mol. The van der Waals surface area contributed by atoms with Gasteiger partial charge in [-0.1, -0.05) is 0 Å². The lowest BCUT2D eigenvalue weighted by Crippen LogP contribution is -2.64. The molecule has 0 radical (unpaired) electrons. The SMILES string of the molecule is OC[C@@H]1OC(O[C@@H]2[C@@H](O)[C@@H](O)[C@H](O)O[C@H]2CO)[C@H](O)[C@H](O)[C@H]1O. The van der Waals surface area contributed by atoms with Gasteiger partial charge < -0.3 is 55.1 Å². The first-order valence-corrected chi connectivity index (χ1v) is 7.08. The van der Waals surface area contributed by atoms with Crippen LogP contribution in [0.25, 0.3) is 0 Å². The van der Waals surface area contributed by atoms with E-state index in [-0.39, 0.29) is 0 Å². The third kappa shape index (κ3) is 3.65. The minimum Gasteiger partial charge on any atom is -0.394 e. The predicted octanol–water partition coefficient (Wildman–Crippen LogP) is -5.40. The van der Waals surface area contributed by atoms with Gasteiger partial charge in [-0.15, -0.1) is 0 Å². The summed E-state index contributed by atoms with van der Waals surface area (Å²) in [4.78, 5) is 0. The van der Waals surface area contributed by atoms with E-state index < -0.39 is 74.6 Å². The van der Waals surface area contributed by atoms with E-state index in [4.69, 9.17) is 19.3 Å². The van der Waals surface area contributed by atoms with Crippen LogP contribution in [0.4, 0.5) is 0 Å². The molecule has 0 amide bonds. The van der Waals surface area contributed by atoms with Gasteiger partial charge in [0, 0.05) is 0 Å². The highest BCUT2D eigenvalue weighted by Crippen LogP contribution is 2.28. The van der Waals surface area contributed by atoms with Gasteiger partial charge in [0.2, 0.25) is 0 Å². The summed E-state index contributed by atoms with van der Waals surface area (Å²) in [6, 6.07) is 0. The van der Waals surface area contributed by atoms with E-state index in [1.807, 2.05) is 0 Å². The van der Waals surface area contributed by atoms with Gasteiger partial charge in [-0.2, -0.15) is 0 Å². The normalized spacial score (nSPS) is 51.7. The van der Waals surface area contributed by atoms with Crippen LogP contribution in [-0.2, 0) is 14.2 Å². The number of aliphatic hydroxyl groups is 8. The topological polar surface area (TPSA) is 190 Å². The first kappa shape index (κ1) is 18.9. The zero-order valence-electron chi connectivity index (χ0n) is 12.0. The largest absolute Gasteiger partial charge is 0.394 e. The summed E-state index contributed by atoms with van der Waals surface area (Å²) in [5.74, 6) is 0. The van der Waals surface area contributed by atoms with Crippen LogP contribution in [-0.4, -0.2) is 115 Å². The van der Waals surface area contributed by atoms with Gasteiger partial charge in [0.05, 0.1) is 13.2 Å². The molecule has 0 bridgehead atoms. The standard InChI is InChI=1S/C12H22O11/c13-1-3-5(15)6(16)9(19)12(22-3)23-10-4(2-14)21-11(20)8(18)7(10)17/h3-20H,1-2H2/t3-,4-,5-,6+,7-,8+,9+,10-,11+,12?/m0/s1. The molecule has 0 aromatic heterocycles. The Balaban J connectivity index is 2.11. The van der Waals surface area contributed by atoms with Gasteiger partial charge in [0.25, 0.3) is 0 Å². The molecule has 2 heterocycles. The summed E-state index contributed by atoms with van der Waals surface area (Å²) < 4.78 is 15.3. The fraction of sp³-hybridized carbons (Fsp3) is 1.00. The molecule has 11 heteroatoms. The Hall–Kier alpha value is -0.440. The second-order valence-electron chi connectivity index (χ2n) is 5.53. The number of aliphatic hydroxyl groups excluding tert-OH is 8. The highest BCUT2D eigenvalue weighted by atomic mass is 16.7. The number of rotatable bonds is 4. The molecular formula is C12H22O11. The van der Waals surface area contributed by atoms with Crippen molar-refractivity contribution in [3.8, 4) is 0 Å². The molecule has 2 fully saturated rings. The fourth-order valence-corrected chi connectivity index (χ4v) is 2.57. The molecule has 8 N–H and O–H groups in total.